The Balaban J connectivity index is 2.44. The molecule has 0 fully saturated rings. The van der Waals surface area contributed by atoms with Gasteiger partial charge in [-0.15, -0.1) is 0 Å². The Kier molecular flexibility index (Phi) is 2.75. The van der Waals surface area contributed by atoms with Crippen LogP contribution in [0.3, 0.4) is 0 Å². The maximum absolute atomic E-state index is 9.44. The van der Waals surface area contributed by atoms with Gasteiger partial charge >= 0.3 is 0 Å². The highest BCUT2D eigenvalue weighted by atomic mass is 16.3. The first-order valence-corrected chi connectivity index (χ1v) is 5.06. The van der Waals surface area contributed by atoms with Crippen LogP contribution in [0.4, 0.5) is 0 Å². The van der Waals surface area contributed by atoms with E-state index in [0.717, 1.165) is 22.0 Å². The molecule has 0 aliphatic carbocycles. The van der Waals surface area contributed by atoms with E-state index < -0.39 is 6.10 Å². The predicted octanol–water partition coefficient (Wildman–Crippen LogP) is 1.37. The van der Waals surface area contributed by atoms with Gasteiger partial charge in [-0.05, 0) is 30.2 Å². The number of aliphatic hydroxyl groups is 2. The average Bonchev–Trinajstić information content (AvgIpc) is 2.65. The monoisotopic (exact) mass is 205 g/mol. The molecule has 1 atom stereocenters. The fourth-order valence-corrected chi connectivity index (χ4v) is 1.89. The molecule has 0 amide bonds. The topological polar surface area (TPSA) is 56.2 Å². The van der Waals surface area contributed by atoms with Gasteiger partial charge in [0.15, 0.2) is 0 Å². The number of aromatic amines is 1. The van der Waals surface area contributed by atoms with Crippen molar-refractivity contribution in [2.45, 2.75) is 19.4 Å². The normalized spacial score (nSPS) is 13.3. The number of benzene rings is 1. The third-order valence-electron chi connectivity index (χ3n) is 2.57. The van der Waals surface area contributed by atoms with E-state index in [1.807, 2.05) is 19.2 Å². The highest BCUT2D eigenvalue weighted by Gasteiger charge is 2.08. The Morgan fingerprint density at radius 2 is 2.20 bits per heavy atom. The maximum atomic E-state index is 9.44. The molecule has 3 N–H and O–H groups in total. The summed E-state index contributed by atoms with van der Waals surface area (Å²) in [6.07, 6.45) is 1.70. The largest absolute Gasteiger partial charge is 0.394 e. The zero-order valence-corrected chi connectivity index (χ0v) is 8.70. The molecule has 2 aromatic rings. The van der Waals surface area contributed by atoms with Gasteiger partial charge in [0.1, 0.15) is 0 Å². The van der Waals surface area contributed by atoms with Crippen molar-refractivity contribution >= 4 is 10.9 Å². The summed E-state index contributed by atoms with van der Waals surface area (Å²) in [4.78, 5) is 3.15. The van der Waals surface area contributed by atoms with Crippen molar-refractivity contribution in [2.75, 3.05) is 6.61 Å². The van der Waals surface area contributed by atoms with Crippen LogP contribution in [0.5, 0.6) is 0 Å². The standard InChI is InChI=1S/C12H15NO2/c1-8-4-9(6-10(15)7-14)11-2-3-13-12(11)5-8/h2-5,10,13-15H,6-7H2,1H3. The van der Waals surface area contributed by atoms with E-state index in [4.69, 9.17) is 5.11 Å². The second-order valence-corrected chi connectivity index (χ2v) is 3.90. The van der Waals surface area contributed by atoms with Gasteiger partial charge in [-0.25, -0.2) is 0 Å². The molecule has 0 aliphatic rings. The van der Waals surface area contributed by atoms with E-state index in [2.05, 4.69) is 17.1 Å². The summed E-state index contributed by atoms with van der Waals surface area (Å²) in [5.41, 5.74) is 3.31. The fourth-order valence-electron chi connectivity index (χ4n) is 1.89. The fraction of sp³-hybridized carbons (Fsp3) is 0.333. The molecule has 0 aliphatic heterocycles. The van der Waals surface area contributed by atoms with Gasteiger partial charge in [0.05, 0.1) is 12.7 Å². The third kappa shape index (κ3) is 2.03. The van der Waals surface area contributed by atoms with Crippen LogP contribution < -0.4 is 0 Å². The molecule has 2 rings (SSSR count). The van der Waals surface area contributed by atoms with Crippen LogP contribution in [0.15, 0.2) is 24.4 Å². The van der Waals surface area contributed by atoms with Crippen molar-refractivity contribution < 1.29 is 10.2 Å². The molecule has 0 bridgehead atoms. The number of hydrogen-bond donors (Lipinski definition) is 3. The highest BCUT2D eigenvalue weighted by Crippen LogP contribution is 2.21. The quantitative estimate of drug-likeness (QED) is 0.709. The van der Waals surface area contributed by atoms with Gasteiger partial charge in [-0.3, -0.25) is 0 Å². The van der Waals surface area contributed by atoms with E-state index in [-0.39, 0.29) is 6.61 Å². The maximum Gasteiger partial charge on any atom is 0.0811 e. The molecule has 1 aromatic heterocycles. The first-order valence-electron chi connectivity index (χ1n) is 5.06. The summed E-state index contributed by atoms with van der Waals surface area (Å²) in [7, 11) is 0. The van der Waals surface area contributed by atoms with Crippen molar-refractivity contribution in [1.82, 2.24) is 4.98 Å². The molecule has 1 aromatic carbocycles. The van der Waals surface area contributed by atoms with Gasteiger partial charge < -0.3 is 15.2 Å². The second kappa shape index (κ2) is 4.04. The number of hydrogen-bond acceptors (Lipinski definition) is 2. The Morgan fingerprint density at radius 1 is 1.40 bits per heavy atom. The Hall–Kier alpha value is -1.32. The minimum absolute atomic E-state index is 0.195. The third-order valence-corrected chi connectivity index (χ3v) is 2.57. The van der Waals surface area contributed by atoms with Crippen molar-refractivity contribution in [1.29, 1.82) is 0 Å². The molecule has 80 valence electrons. The summed E-state index contributed by atoms with van der Waals surface area (Å²) in [5.74, 6) is 0. The van der Waals surface area contributed by atoms with Crippen molar-refractivity contribution in [3.63, 3.8) is 0 Å². The minimum atomic E-state index is -0.676. The number of aliphatic hydroxyl groups excluding tert-OH is 2. The van der Waals surface area contributed by atoms with Gasteiger partial charge in [-0.2, -0.15) is 0 Å². The predicted molar refractivity (Wildman–Crippen MR) is 59.8 cm³/mol. The number of fused-ring (bicyclic) bond motifs is 1. The van der Waals surface area contributed by atoms with E-state index in [9.17, 15) is 5.11 Å². The van der Waals surface area contributed by atoms with Crippen molar-refractivity contribution in [2.24, 2.45) is 0 Å². The summed E-state index contributed by atoms with van der Waals surface area (Å²) in [6, 6.07) is 6.12. The van der Waals surface area contributed by atoms with Gasteiger partial charge in [0, 0.05) is 23.5 Å². The summed E-state index contributed by atoms with van der Waals surface area (Å²) in [5, 5.41) is 19.4. The minimum Gasteiger partial charge on any atom is -0.394 e. The molecule has 1 unspecified atom stereocenters. The van der Waals surface area contributed by atoms with E-state index >= 15 is 0 Å². The number of nitrogens with one attached hydrogen (secondary N) is 1. The van der Waals surface area contributed by atoms with Gasteiger partial charge in [0.25, 0.3) is 0 Å². The van der Waals surface area contributed by atoms with Crippen LogP contribution in [0.25, 0.3) is 10.9 Å². The molecule has 3 nitrogen and oxygen atoms in total. The lowest BCUT2D eigenvalue weighted by Crippen LogP contribution is -2.15. The Labute approximate surface area is 88.4 Å². The SMILES string of the molecule is Cc1cc(CC(O)CO)c2cc[nH]c2c1. The molecule has 0 spiro atoms. The summed E-state index contributed by atoms with van der Waals surface area (Å²) in [6.45, 7) is 1.83. The molecule has 0 saturated heterocycles. The highest BCUT2D eigenvalue weighted by molar-refractivity contribution is 5.83. The number of rotatable bonds is 3. The molecule has 15 heavy (non-hydrogen) atoms. The van der Waals surface area contributed by atoms with Gasteiger partial charge in [-0.1, -0.05) is 6.07 Å². The van der Waals surface area contributed by atoms with Crippen LogP contribution in [0.1, 0.15) is 11.1 Å². The molecule has 1 heterocycles. The average molecular weight is 205 g/mol. The van der Waals surface area contributed by atoms with E-state index in [1.165, 1.54) is 0 Å². The lowest BCUT2D eigenvalue weighted by atomic mass is 10.0. The number of aromatic nitrogens is 1. The van der Waals surface area contributed by atoms with E-state index in [0.29, 0.717) is 6.42 Å². The lowest BCUT2D eigenvalue weighted by Gasteiger charge is -2.09. The van der Waals surface area contributed by atoms with E-state index in [1.54, 1.807) is 0 Å². The van der Waals surface area contributed by atoms with Crippen LogP contribution >= 0.6 is 0 Å². The summed E-state index contributed by atoms with van der Waals surface area (Å²) >= 11 is 0. The molecule has 0 radical (unpaired) electrons. The number of aryl methyl sites for hydroxylation is 1. The molecular weight excluding hydrogens is 190 g/mol. The van der Waals surface area contributed by atoms with Crippen LogP contribution in [-0.2, 0) is 6.42 Å². The zero-order chi connectivity index (χ0) is 10.8. The zero-order valence-electron chi connectivity index (χ0n) is 8.70. The second-order valence-electron chi connectivity index (χ2n) is 3.90. The number of H-pyrrole nitrogens is 1. The smallest absolute Gasteiger partial charge is 0.0811 e. The molecule has 3 heteroatoms. The van der Waals surface area contributed by atoms with Crippen LogP contribution in [0, 0.1) is 6.92 Å². The summed E-state index contributed by atoms with van der Waals surface area (Å²) < 4.78 is 0. The first-order chi connectivity index (χ1) is 7.20. The van der Waals surface area contributed by atoms with Crippen LogP contribution in [-0.4, -0.2) is 27.9 Å². The first kappa shape index (κ1) is 10.2. The van der Waals surface area contributed by atoms with Gasteiger partial charge in [0.2, 0.25) is 0 Å². The Morgan fingerprint density at radius 3 is 2.93 bits per heavy atom. The Bertz CT molecular complexity index is 462. The molecule has 0 saturated carbocycles. The van der Waals surface area contributed by atoms with Crippen molar-refractivity contribution in [3.8, 4) is 0 Å². The van der Waals surface area contributed by atoms with Crippen molar-refractivity contribution in [3.05, 3.63) is 35.5 Å². The van der Waals surface area contributed by atoms with Crippen LogP contribution in [0.2, 0.25) is 0 Å². The molecular formula is C12H15NO2. The lowest BCUT2D eigenvalue weighted by molar-refractivity contribution is 0.0957.